The van der Waals surface area contributed by atoms with Crippen LogP contribution >= 0.6 is 11.6 Å². The number of aryl methyl sites for hydroxylation is 2. The third kappa shape index (κ3) is 5.30. The van der Waals surface area contributed by atoms with Gasteiger partial charge in [0.25, 0.3) is 5.69 Å². The fourth-order valence-corrected chi connectivity index (χ4v) is 3.41. The Balaban J connectivity index is 1.91. The Labute approximate surface area is 197 Å². The number of hydrogen-bond donors (Lipinski definition) is 1. The molecule has 0 spiro atoms. The van der Waals surface area contributed by atoms with Gasteiger partial charge < -0.3 is 10.1 Å². The maximum Gasteiger partial charge on any atom is 0.436 e. The van der Waals surface area contributed by atoms with Gasteiger partial charge in [-0.15, -0.1) is 0 Å². The maximum atomic E-state index is 13.1. The highest BCUT2D eigenvalue weighted by atomic mass is 35.5. The molecule has 0 fully saturated rings. The van der Waals surface area contributed by atoms with Crippen molar-refractivity contribution >= 4 is 28.9 Å². The molecule has 1 heterocycles. The van der Waals surface area contributed by atoms with Crippen molar-refractivity contribution < 1.29 is 27.6 Å². The number of anilines is 1. The summed E-state index contributed by atoms with van der Waals surface area (Å²) in [7, 11) is 0. The Kier molecular flexibility index (Phi) is 6.87. The number of benzene rings is 2. The molecule has 0 radical (unpaired) electrons. The molecule has 1 N–H and O–H groups in total. The van der Waals surface area contributed by atoms with Crippen LogP contribution in [-0.2, 0) is 11.0 Å². The number of hydrogen-bond acceptors (Lipinski definition) is 5. The van der Waals surface area contributed by atoms with Gasteiger partial charge >= 0.3 is 6.18 Å². The first kappa shape index (κ1) is 25.0. The summed E-state index contributed by atoms with van der Waals surface area (Å²) in [6, 6.07) is 7.98. The second-order valence-electron chi connectivity index (χ2n) is 7.70. The van der Waals surface area contributed by atoms with Gasteiger partial charge in [-0.2, -0.15) is 18.3 Å². The van der Waals surface area contributed by atoms with Crippen molar-refractivity contribution in [3.05, 3.63) is 74.0 Å². The summed E-state index contributed by atoms with van der Waals surface area (Å²) in [5.74, 6) is -0.176. The van der Waals surface area contributed by atoms with E-state index in [1.807, 2.05) is 26.0 Å². The molecule has 0 aliphatic carbocycles. The summed E-state index contributed by atoms with van der Waals surface area (Å²) in [6.45, 7) is 6.30. The van der Waals surface area contributed by atoms with Crippen molar-refractivity contribution in [3.8, 4) is 11.5 Å². The van der Waals surface area contributed by atoms with Crippen LogP contribution in [0.4, 0.5) is 24.5 Å². The summed E-state index contributed by atoms with van der Waals surface area (Å²) < 4.78 is 46.0. The fraction of sp³-hybridized carbons (Fsp3) is 0.273. The lowest BCUT2D eigenvalue weighted by atomic mass is 10.1. The average molecular weight is 497 g/mol. The van der Waals surface area contributed by atoms with Crippen LogP contribution in [0.15, 0.2) is 36.4 Å². The van der Waals surface area contributed by atoms with E-state index in [0.29, 0.717) is 5.75 Å². The van der Waals surface area contributed by atoms with E-state index in [-0.39, 0.29) is 22.8 Å². The lowest BCUT2D eigenvalue weighted by Gasteiger charge is -2.15. The van der Waals surface area contributed by atoms with Crippen LogP contribution in [0.3, 0.4) is 0 Å². The van der Waals surface area contributed by atoms with Crippen LogP contribution in [0.5, 0.6) is 11.5 Å². The number of halogens is 4. The highest BCUT2D eigenvalue weighted by Crippen LogP contribution is 2.36. The molecular formula is C22H20ClF3N4O4. The fourth-order valence-electron chi connectivity index (χ4n) is 3.18. The minimum absolute atomic E-state index is 0.0262. The van der Waals surface area contributed by atoms with E-state index in [0.717, 1.165) is 21.9 Å². The highest BCUT2D eigenvalue weighted by Gasteiger charge is 2.39. The van der Waals surface area contributed by atoms with E-state index >= 15 is 0 Å². The smallest absolute Gasteiger partial charge is 0.436 e. The van der Waals surface area contributed by atoms with Gasteiger partial charge in [0.1, 0.15) is 17.5 Å². The third-order valence-corrected chi connectivity index (χ3v) is 5.49. The number of ether oxygens (including phenoxy) is 1. The molecule has 0 saturated heterocycles. The van der Waals surface area contributed by atoms with Crippen LogP contribution in [-0.4, -0.2) is 20.6 Å². The Morgan fingerprint density at radius 3 is 2.47 bits per heavy atom. The number of aromatic nitrogens is 2. The quantitative estimate of drug-likeness (QED) is 0.315. The van der Waals surface area contributed by atoms with Crippen LogP contribution in [0, 0.1) is 30.9 Å². The van der Waals surface area contributed by atoms with Crippen LogP contribution in [0.1, 0.15) is 35.5 Å². The van der Waals surface area contributed by atoms with Crippen molar-refractivity contribution in [3.63, 3.8) is 0 Å². The Morgan fingerprint density at radius 2 is 1.88 bits per heavy atom. The summed E-state index contributed by atoms with van der Waals surface area (Å²) in [4.78, 5) is 23.5. The first-order valence-electron chi connectivity index (χ1n) is 9.95. The number of alkyl halides is 3. The first-order valence-corrected chi connectivity index (χ1v) is 10.3. The van der Waals surface area contributed by atoms with Gasteiger partial charge in [0, 0.05) is 12.1 Å². The molecule has 1 aromatic heterocycles. The molecular weight excluding hydrogens is 477 g/mol. The first-order chi connectivity index (χ1) is 15.8. The lowest BCUT2D eigenvalue weighted by molar-refractivity contribution is -0.384. The number of non-ortho nitro benzene ring substituents is 1. The molecule has 3 rings (SSSR count). The second kappa shape index (κ2) is 9.34. The molecule has 0 aliphatic heterocycles. The van der Waals surface area contributed by atoms with Crippen molar-refractivity contribution in [2.45, 2.75) is 39.9 Å². The molecule has 0 saturated carbocycles. The van der Waals surface area contributed by atoms with Gasteiger partial charge in [0.15, 0.2) is 5.69 Å². The Hall–Kier alpha value is -3.60. The number of nitro benzene ring substituents is 1. The van der Waals surface area contributed by atoms with E-state index in [1.54, 1.807) is 6.07 Å². The molecule has 0 aliphatic rings. The minimum Gasteiger partial charge on any atom is -0.457 e. The normalized spacial score (nSPS) is 12.4. The van der Waals surface area contributed by atoms with Crippen molar-refractivity contribution in [2.75, 3.05) is 5.32 Å². The summed E-state index contributed by atoms with van der Waals surface area (Å²) in [5.41, 5.74) is 0.0462. The maximum absolute atomic E-state index is 13.1. The third-order valence-electron chi connectivity index (χ3n) is 5.03. The van der Waals surface area contributed by atoms with Crippen LogP contribution in [0.25, 0.3) is 0 Å². The van der Waals surface area contributed by atoms with Gasteiger partial charge in [-0.25, -0.2) is 0 Å². The Bertz CT molecular complexity index is 1270. The number of carbonyl (C=O) groups excluding carboxylic acids is 1. The number of nitrogens with zero attached hydrogens (tertiary/aromatic N) is 3. The van der Waals surface area contributed by atoms with E-state index in [1.165, 1.54) is 26.0 Å². The molecule has 3 aromatic rings. The zero-order chi connectivity index (χ0) is 25.4. The molecule has 2 aromatic carbocycles. The van der Waals surface area contributed by atoms with E-state index in [2.05, 4.69) is 10.4 Å². The second-order valence-corrected chi connectivity index (χ2v) is 8.08. The standard InChI is InChI=1S/C22H20ClF3N4O4/c1-11-5-6-12(2)18(7-11)34-17-9-15(8-16(10-17)30(32)33)27-21(31)14(4)29-13(3)19(23)20(28-29)22(24,25)26/h5-10,14H,1-4H3,(H,27,31). The number of amides is 1. The number of nitro groups is 1. The largest absolute Gasteiger partial charge is 0.457 e. The SMILES string of the molecule is Cc1ccc(C)c(Oc2cc(NC(=O)C(C)n3nc(C(F)(F)F)c(Cl)c3C)cc([N+](=O)[O-])c2)c1. The summed E-state index contributed by atoms with van der Waals surface area (Å²) in [6.07, 6.45) is -4.79. The van der Waals surface area contributed by atoms with Gasteiger partial charge in [0.05, 0.1) is 27.4 Å². The topological polar surface area (TPSA) is 99.3 Å². The van der Waals surface area contributed by atoms with Crippen LogP contribution < -0.4 is 10.1 Å². The molecule has 12 heteroatoms. The van der Waals surface area contributed by atoms with Crippen molar-refractivity contribution in [1.29, 1.82) is 0 Å². The predicted octanol–water partition coefficient (Wildman–Crippen LogP) is 6.38. The zero-order valence-electron chi connectivity index (χ0n) is 18.5. The minimum atomic E-state index is -4.79. The number of rotatable bonds is 6. The summed E-state index contributed by atoms with van der Waals surface area (Å²) in [5, 5.41) is 16.7. The molecule has 1 amide bonds. The number of nitrogens with one attached hydrogen (secondary N) is 1. The summed E-state index contributed by atoms with van der Waals surface area (Å²) >= 11 is 5.76. The van der Waals surface area contributed by atoms with E-state index in [4.69, 9.17) is 16.3 Å². The molecule has 1 unspecified atom stereocenters. The van der Waals surface area contributed by atoms with Gasteiger partial charge in [-0.1, -0.05) is 23.7 Å². The Morgan fingerprint density at radius 1 is 1.21 bits per heavy atom. The monoisotopic (exact) mass is 496 g/mol. The molecule has 1 atom stereocenters. The lowest BCUT2D eigenvalue weighted by Crippen LogP contribution is -2.25. The van der Waals surface area contributed by atoms with Crippen molar-refractivity contribution in [1.82, 2.24) is 9.78 Å². The van der Waals surface area contributed by atoms with E-state index in [9.17, 15) is 28.1 Å². The molecule has 0 bridgehead atoms. The molecule has 34 heavy (non-hydrogen) atoms. The molecule has 180 valence electrons. The highest BCUT2D eigenvalue weighted by molar-refractivity contribution is 6.32. The van der Waals surface area contributed by atoms with Gasteiger partial charge in [-0.05, 0) is 44.9 Å². The average Bonchev–Trinajstić information content (AvgIpc) is 3.05. The van der Waals surface area contributed by atoms with Gasteiger partial charge in [-0.3, -0.25) is 19.6 Å². The van der Waals surface area contributed by atoms with E-state index < -0.39 is 33.8 Å². The zero-order valence-corrected chi connectivity index (χ0v) is 19.3. The van der Waals surface area contributed by atoms with Gasteiger partial charge in [0.2, 0.25) is 5.91 Å². The van der Waals surface area contributed by atoms with Crippen molar-refractivity contribution in [2.24, 2.45) is 0 Å². The number of carbonyl (C=O) groups is 1. The van der Waals surface area contributed by atoms with Crippen LogP contribution in [0.2, 0.25) is 5.02 Å². The predicted molar refractivity (Wildman–Crippen MR) is 119 cm³/mol. The molecule has 8 nitrogen and oxygen atoms in total.